The number of unbranched alkanes of at least 4 members (excludes halogenated alkanes) is 3. The van der Waals surface area contributed by atoms with Crippen LogP contribution in [0, 0.1) is 17.8 Å². The van der Waals surface area contributed by atoms with Crippen molar-refractivity contribution in [2.45, 2.75) is 45.4 Å². The highest BCUT2D eigenvalue weighted by Gasteiger charge is 2.39. The quantitative estimate of drug-likeness (QED) is 0.541. The third kappa shape index (κ3) is 3.86. The number of carboxylic acid groups (broad SMARTS) is 2. The predicted octanol–water partition coefficient (Wildman–Crippen LogP) is 2.93. The molecule has 0 aromatic carbocycles. The van der Waals surface area contributed by atoms with Crippen molar-refractivity contribution in [3.05, 3.63) is 12.2 Å². The summed E-state index contributed by atoms with van der Waals surface area (Å²) in [6.45, 7) is 2.13. The molecule has 3 atom stereocenters. The first-order valence-electron chi connectivity index (χ1n) is 6.70. The van der Waals surface area contributed by atoms with E-state index in [1.54, 1.807) is 0 Å². The highest BCUT2D eigenvalue weighted by atomic mass is 16.4. The van der Waals surface area contributed by atoms with Gasteiger partial charge in [-0.3, -0.25) is 9.59 Å². The lowest BCUT2D eigenvalue weighted by Crippen LogP contribution is -2.36. The molecule has 4 heteroatoms. The number of carboxylic acids is 2. The van der Waals surface area contributed by atoms with Gasteiger partial charge in [0.1, 0.15) is 0 Å². The van der Waals surface area contributed by atoms with Crippen LogP contribution in [0.1, 0.15) is 45.4 Å². The summed E-state index contributed by atoms with van der Waals surface area (Å²) in [6.07, 6.45) is 9.17. The number of hydrogen-bond donors (Lipinski definition) is 2. The van der Waals surface area contributed by atoms with Crippen molar-refractivity contribution in [3.8, 4) is 0 Å². The van der Waals surface area contributed by atoms with Gasteiger partial charge in [0.15, 0.2) is 0 Å². The predicted molar refractivity (Wildman–Crippen MR) is 68.3 cm³/mol. The Morgan fingerprint density at radius 3 is 2.44 bits per heavy atom. The number of allylic oxidation sites excluding steroid dienone is 2. The summed E-state index contributed by atoms with van der Waals surface area (Å²) in [5.74, 6) is -3.65. The third-order valence-electron chi connectivity index (χ3n) is 3.66. The van der Waals surface area contributed by atoms with Gasteiger partial charge in [-0.2, -0.15) is 0 Å². The van der Waals surface area contributed by atoms with Crippen molar-refractivity contribution >= 4 is 11.9 Å². The first-order valence-corrected chi connectivity index (χ1v) is 6.70. The zero-order valence-corrected chi connectivity index (χ0v) is 10.8. The van der Waals surface area contributed by atoms with Crippen molar-refractivity contribution in [2.75, 3.05) is 0 Å². The second kappa shape index (κ2) is 7.19. The van der Waals surface area contributed by atoms with Crippen molar-refractivity contribution < 1.29 is 19.8 Å². The molecule has 0 saturated heterocycles. The molecule has 0 aromatic rings. The minimum absolute atomic E-state index is 0.130. The monoisotopic (exact) mass is 254 g/mol. The molecular weight excluding hydrogens is 232 g/mol. The number of rotatable bonds is 7. The molecule has 0 amide bonds. The van der Waals surface area contributed by atoms with Gasteiger partial charge in [0.2, 0.25) is 0 Å². The van der Waals surface area contributed by atoms with Gasteiger partial charge in [-0.25, -0.2) is 0 Å². The maximum atomic E-state index is 11.3. The Bertz CT molecular complexity index is 322. The average Bonchev–Trinajstić information content (AvgIpc) is 2.33. The zero-order valence-electron chi connectivity index (χ0n) is 10.8. The van der Waals surface area contributed by atoms with E-state index in [1.165, 1.54) is 0 Å². The Morgan fingerprint density at radius 1 is 1.17 bits per heavy atom. The fraction of sp³-hybridized carbons (Fsp3) is 0.714. The molecule has 0 bridgehead atoms. The normalized spacial score (nSPS) is 27.1. The van der Waals surface area contributed by atoms with Crippen molar-refractivity contribution in [1.82, 2.24) is 0 Å². The van der Waals surface area contributed by atoms with E-state index in [0.717, 1.165) is 32.1 Å². The molecule has 0 radical (unpaired) electrons. The summed E-state index contributed by atoms with van der Waals surface area (Å²) in [6, 6.07) is 0. The maximum Gasteiger partial charge on any atom is 0.307 e. The minimum Gasteiger partial charge on any atom is -0.481 e. The molecule has 0 spiro atoms. The van der Waals surface area contributed by atoms with E-state index in [-0.39, 0.29) is 5.92 Å². The summed E-state index contributed by atoms with van der Waals surface area (Å²) in [4.78, 5) is 22.4. The highest BCUT2D eigenvalue weighted by Crippen LogP contribution is 2.34. The van der Waals surface area contributed by atoms with Crippen LogP contribution in [0.25, 0.3) is 0 Å². The Labute approximate surface area is 108 Å². The third-order valence-corrected chi connectivity index (χ3v) is 3.66. The molecule has 0 saturated carbocycles. The molecule has 3 unspecified atom stereocenters. The maximum absolute atomic E-state index is 11.3. The van der Waals surface area contributed by atoms with Crippen LogP contribution in [0.5, 0.6) is 0 Å². The lowest BCUT2D eigenvalue weighted by atomic mass is 9.74. The van der Waals surface area contributed by atoms with Crippen LogP contribution in [0.2, 0.25) is 0 Å². The van der Waals surface area contributed by atoms with Crippen LogP contribution in [-0.2, 0) is 9.59 Å². The van der Waals surface area contributed by atoms with Crippen LogP contribution < -0.4 is 0 Å². The lowest BCUT2D eigenvalue weighted by molar-refractivity contribution is -0.155. The standard InChI is InChI=1S/C14H22O4/c1-2-3-4-5-7-10-8-6-9-11(13(15)16)12(10)14(17)18/h6,8,10-12H,2-5,7,9H2,1H3,(H,15,16)(H,17,18). The van der Waals surface area contributed by atoms with Gasteiger partial charge >= 0.3 is 11.9 Å². The Balaban J connectivity index is 2.63. The van der Waals surface area contributed by atoms with Gasteiger partial charge in [0.05, 0.1) is 11.8 Å². The van der Waals surface area contributed by atoms with Crippen molar-refractivity contribution in [1.29, 1.82) is 0 Å². The largest absolute Gasteiger partial charge is 0.481 e. The molecule has 1 rings (SSSR count). The Kier molecular flexibility index (Phi) is 5.89. The topological polar surface area (TPSA) is 74.6 Å². The molecule has 102 valence electrons. The molecule has 0 heterocycles. The fourth-order valence-electron chi connectivity index (χ4n) is 2.66. The fourth-order valence-corrected chi connectivity index (χ4v) is 2.66. The highest BCUT2D eigenvalue weighted by molar-refractivity contribution is 5.81. The second-order valence-corrected chi connectivity index (χ2v) is 4.99. The molecule has 18 heavy (non-hydrogen) atoms. The lowest BCUT2D eigenvalue weighted by Gasteiger charge is -2.29. The van der Waals surface area contributed by atoms with Crippen LogP contribution in [0.4, 0.5) is 0 Å². The summed E-state index contributed by atoms with van der Waals surface area (Å²) < 4.78 is 0. The van der Waals surface area contributed by atoms with Crippen molar-refractivity contribution in [3.63, 3.8) is 0 Å². The van der Waals surface area contributed by atoms with Crippen LogP contribution in [0.3, 0.4) is 0 Å². The number of hydrogen-bond acceptors (Lipinski definition) is 2. The zero-order chi connectivity index (χ0) is 13.5. The minimum atomic E-state index is -0.995. The van der Waals surface area contributed by atoms with Gasteiger partial charge < -0.3 is 10.2 Å². The smallest absolute Gasteiger partial charge is 0.307 e. The van der Waals surface area contributed by atoms with E-state index in [9.17, 15) is 14.7 Å². The van der Waals surface area contributed by atoms with Crippen molar-refractivity contribution in [2.24, 2.45) is 17.8 Å². The van der Waals surface area contributed by atoms with Gasteiger partial charge in [-0.05, 0) is 18.8 Å². The summed E-state index contributed by atoms with van der Waals surface area (Å²) in [5.41, 5.74) is 0. The Morgan fingerprint density at radius 2 is 1.89 bits per heavy atom. The molecule has 0 aliphatic heterocycles. The van der Waals surface area contributed by atoms with Crippen LogP contribution >= 0.6 is 0 Å². The SMILES string of the molecule is CCCCCCC1C=CCC(C(=O)O)C1C(=O)O. The van der Waals surface area contributed by atoms with Gasteiger partial charge in [0.25, 0.3) is 0 Å². The van der Waals surface area contributed by atoms with Crippen LogP contribution in [-0.4, -0.2) is 22.2 Å². The van der Waals surface area contributed by atoms with E-state index in [2.05, 4.69) is 6.92 Å². The molecular formula is C14H22O4. The summed E-state index contributed by atoms with van der Waals surface area (Å²) in [5, 5.41) is 18.3. The molecule has 0 aromatic heterocycles. The van der Waals surface area contributed by atoms with E-state index in [0.29, 0.717) is 6.42 Å². The van der Waals surface area contributed by atoms with Gasteiger partial charge in [-0.1, -0.05) is 44.8 Å². The molecule has 4 nitrogen and oxygen atoms in total. The van der Waals surface area contributed by atoms with Crippen LogP contribution in [0.15, 0.2) is 12.2 Å². The first-order chi connectivity index (χ1) is 8.57. The molecule has 0 fully saturated rings. The van der Waals surface area contributed by atoms with Gasteiger partial charge in [-0.15, -0.1) is 0 Å². The second-order valence-electron chi connectivity index (χ2n) is 4.99. The van der Waals surface area contributed by atoms with Gasteiger partial charge in [0, 0.05) is 0 Å². The van der Waals surface area contributed by atoms with E-state index in [4.69, 9.17) is 5.11 Å². The molecule has 1 aliphatic carbocycles. The summed E-state index contributed by atoms with van der Waals surface area (Å²) in [7, 11) is 0. The summed E-state index contributed by atoms with van der Waals surface area (Å²) >= 11 is 0. The average molecular weight is 254 g/mol. The Hall–Kier alpha value is -1.32. The van der Waals surface area contributed by atoms with E-state index < -0.39 is 23.8 Å². The first kappa shape index (κ1) is 14.7. The van der Waals surface area contributed by atoms with E-state index in [1.807, 2.05) is 12.2 Å². The molecule has 2 N–H and O–H groups in total. The van der Waals surface area contributed by atoms with E-state index >= 15 is 0 Å². The number of carbonyl (C=O) groups is 2. The number of aliphatic carboxylic acids is 2. The molecule has 1 aliphatic rings.